The van der Waals surface area contributed by atoms with Gasteiger partial charge in [-0.25, -0.2) is 37.3 Å². The minimum absolute atomic E-state index is 0.229. The molecule has 28 heavy (non-hydrogen) atoms. The molecule has 0 bridgehead atoms. The number of aromatic nitrogens is 2. The summed E-state index contributed by atoms with van der Waals surface area (Å²) >= 11 is 0. The van der Waals surface area contributed by atoms with Crippen LogP contribution in [0.2, 0.25) is 0 Å². The molecule has 2 aliphatic heterocycles. The second-order valence-corrected chi connectivity index (χ2v) is 7.65. The summed E-state index contributed by atoms with van der Waals surface area (Å²) in [6, 6.07) is 1.37. The molecule has 11 heteroatoms. The second-order valence-electron chi connectivity index (χ2n) is 6.09. The summed E-state index contributed by atoms with van der Waals surface area (Å²) in [6.45, 7) is 0. The van der Waals surface area contributed by atoms with Crippen LogP contribution < -0.4 is 5.14 Å². The predicted molar refractivity (Wildman–Crippen MR) is 96.4 cm³/mol. The number of rotatable bonds is 3. The van der Waals surface area contributed by atoms with E-state index in [1.165, 1.54) is 19.7 Å². The van der Waals surface area contributed by atoms with Crippen molar-refractivity contribution in [3.05, 3.63) is 58.7 Å². The van der Waals surface area contributed by atoms with Gasteiger partial charge in [0.05, 0.1) is 29.6 Å². The molecule has 2 aliphatic rings. The molecule has 1 atom stereocenters. The maximum absolute atomic E-state index is 14.5. The maximum Gasteiger partial charge on any atom is 0.238 e. The Hall–Kier alpha value is -3.05. The highest BCUT2D eigenvalue weighted by Crippen LogP contribution is 2.34. The van der Waals surface area contributed by atoms with Crippen molar-refractivity contribution in [2.24, 2.45) is 15.1 Å². The number of nitrogens with zero attached hydrogens (tertiary/aromatic N) is 4. The van der Waals surface area contributed by atoms with E-state index in [1.807, 2.05) is 0 Å². The lowest BCUT2D eigenvalue weighted by Crippen LogP contribution is -2.16. The third kappa shape index (κ3) is 3.08. The molecule has 0 aliphatic carbocycles. The molecule has 4 rings (SSSR count). The number of hydrogen-bond acceptors (Lipinski definition) is 7. The van der Waals surface area contributed by atoms with Gasteiger partial charge >= 0.3 is 0 Å². The molecule has 1 aromatic carbocycles. The lowest BCUT2D eigenvalue weighted by atomic mass is 9.95. The van der Waals surface area contributed by atoms with Gasteiger partial charge in [0.25, 0.3) is 0 Å². The lowest BCUT2D eigenvalue weighted by molar-refractivity contribution is 0.406. The number of halogens is 2. The molecule has 0 spiro atoms. The minimum Gasteiger partial charge on any atom is -0.481 e. The minimum atomic E-state index is -4.23. The third-order valence-electron chi connectivity index (χ3n) is 4.38. The number of ether oxygens (including phenoxy) is 1. The molecule has 1 aromatic heterocycles. The van der Waals surface area contributed by atoms with E-state index in [9.17, 15) is 17.2 Å². The summed E-state index contributed by atoms with van der Waals surface area (Å²) in [4.78, 5) is 16.2. The number of benzene rings is 1. The first kappa shape index (κ1) is 18.3. The number of primary sulfonamides is 1. The summed E-state index contributed by atoms with van der Waals surface area (Å²) in [5, 5.41) is 4.94. The fraction of sp³-hybridized carbons (Fsp3) is 0.176. The highest BCUT2D eigenvalue weighted by molar-refractivity contribution is 7.89. The van der Waals surface area contributed by atoms with Crippen LogP contribution in [0.3, 0.4) is 0 Å². The molecule has 3 heterocycles. The topological polar surface area (TPSA) is 120 Å². The van der Waals surface area contributed by atoms with Crippen LogP contribution in [0.25, 0.3) is 5.57 Å². The first-order chi connectivity index (χ1) is 13.3. The van der Waals surface area contributed by atoms with E-state index in [-0.39, 0.29) is 12.0 Å². The summed E-state index contributed by atoms with van der Waals surface area (Å²) in [5.41, 5.74) is 1.72. The summed E-state index contributed by atoms with van der Waals surface area (Å²) in [7, 11) is -2.76. The third-order valence-corrected chi connectivity index (χ3v) is 5.28. The van der Waals surface area contributed by atoms with Crippen LogP contribution in [0, 0.1) is 11.6 Å². The monoisotopic (exact) mass is 405 g/mol. The van der Waals surface area contributed by atoms with Crippen molar-refractivity contribution in [2.45, 2.75) is 17.5 Å². The number of hydrogen-bond donors (Lipinski definition) is 1. The number of sulfonamides is 1. The maximum atomic E-state index is 14.5. The van der Waals surface area contributed by atoms with Gasteiger partial charge < -0.3 is 4.74 Å². The Morgan fingerprint density at radius 3 is 2.57 bits per heavy atom. The van der Waals surface area contributed by atoms with Gasteiger partial charge in [-0.1, -0.05) is 0 Å². The molecular weight excluding hydrogens is 392 g/mol. The molecule has 0 saturated heterocycles. The number of methoxy groups -OCH3 is 1. The predicted octanol–water partition coefficient (Wildman–Crippen LogP) is 1.19. The van der Waals surface area contributed by atoms with Crippen LogP contribution in [0.1, 0.15) is 22.5 Å². The van der Waals surface area contributed by atoms with Crippen molar-refractivity contribution in [1.82, 2.24) is 9.97 Å². The van der Waals surface area contributed by atoms with Gasteiger partial charge in [0.2, 0.25) is 15.9 Å². The van der Waals surface area contributed by atoms with E-state index < -0.39 is 32.7 Å². The molecule has 0 amide bonds. The van der Waals surface area contributed by atoms with Crippen molar-refractivity contribution < 1.29 is 21.9 Å². The van der Waals surface area contributed by atoms with Crippen LogP contribution in [0.4, 0.5) is 8.78 Å². The zero-order valence-corrected chi connectivity index (χ0v) is 15.2. The van der Waals surface area contributed by atoms with Gasteiger partial charge in [-0.15, -0.1) is 0 Å². The average molecular weight is 405 g/mol. The normalized spacial score (nSPS) is 17.6. The number of fused-ring (bicyclic) bond motifs is 3. The standard InChI is InChI=1S/C17H13F2N5O3S/c1-27-15-5-10-16-13(22-7-23-14(16)6-21-17(10)24-15)4-9-11(18)2-8(3-12(9)19)28(20,25)26/h2-3,5-7,17H,4H2,1H3,(H2,20,25,26). The van der Waals surface area contributed by atoms with Gasteiger partial charge in [0.15, 0.2) is 6.17 Å². The molecule has 1 unspecified atom stereocenters. The van der Waals surface area contributed by atoms with Crippen molar-refractivity contribution in [1.29, 1.82) is 0 Å². The van der Waals surface area contributed by atoms with E-state index in [2.05, 4.69) is 20.0 Å². The molecule has 0 saturated carbocycles. The Morgan fingerprint density at radius 2 is 1.93 bits per heavy atom. The summed E-state index contributed by atoms with van der Waals surface area (Å²) in [5.74, 6) is -1.70. The lowest BCUT2D eigenvalue weighted by Gasteiger charge is -2.18. The SMILES string of the molecule is COC1=NC2N=Cc3ncnc(Cc4c(F)cc(S(N)(=O)=O)cc4F)c3C2=C1. The Kier molecular flexibility index (Phi) is 4.27. The number of aliphatic imine (C=N–C) groups is 2. The van der Waals surface area contributed by atoms with Crippen LogP contribution in [0.15, 0.2) is 39.4 Å². The highest BCUT2D eigenvalue weighted by atomic mass is 32.2. The molecule has 144 valence electrons. The van der Waals surface area contributed by atoms with Crippen LogP contribution in [-0.2, 0) is 21.2 Å². The van der Waals surface area contributed by atoms with E-state index in [0.717, 1.165) is 0 Å². The summed E-state index contributed by atoms with van der Waals surface area (Å²) < 4.78 is 56.8. The smallest absolute Gasteiger partial charge is 0.238 e. The van der Waals surface area contributed by atoms with Gasteiger partial charge in [-0.2, -0.15) is 0 Å². The zero-order valence-electron chi connectivity index (χ0n) is 14.4. The molecular formula is C17H13F2N5O3S. The Balaban J connectivity index is 1.79. The average Bonchev–Trinajstić information content (AvgIpc) is 3.07. The van der Waals surface area contributed by atoms with Gasteiger partial charge in [-0.3, -0.25) is 4.99 Å². The van der Waals surface area contributed by atoms with Gasteiger partial charge in [0.1, 0.15) is 18.0 Å². The summed E-state index contributed by atoms with van der Waals surface area (Å²) in [6.07, 6.45) is 3.69. The van der Waals surface area contributed by atoms with Crippen molar-refractivity contribution in [3.63, 3.8) is 0 Å². The van der Waals surface area contributed by atoms with Crippen molar-refractivity contribution in [2.75, 3.05) is 7.11 Å². The molecule has 0 radical (unpaired) electrons. The van der Waals surface area contributed by atoms with Crippen LogP contribution >= 0.6 is 0 Å². The van der Waals surface area contributed by atoms with E-state index in [4.69, 9.17) is 9.88 Å². The van der Waals surface area contributed by atoms with Crippen LogP contribution in [0.5, 0.6) is 0 Å². The van der Waals surface area contributed by atoms with Gasteiger partial charge in [-0.05, 0) is 12.1 Å². The van der Waals surface area contributed by atoms with Crippen LogP contribution in [-0.4, -0.2) is 43.8 Å². The molecule has 0 fully saturated rings. The fourth-order valence-electron chi connectivity index (χ4n) is 3.07. The molecule has 8 nitrogen and oxygen atoms in total. The highest BCUT2D eigenvalue weighted by Gasteiger charge is 2.30. The molecule has 2 aromatic rings. The largest absolute Gasteiger partial charge is 0.481 e. The molecule has 2 N–H and O–H groups in total. The quantitative estimate of drug-likeness (QED) is 0.823. The van der Waals surface area contributed by atoms with E-state index in [0.29, 0.717) is 40.6 Å². The second kappa shape index (κ2) is 6.53. The fourth-order valence-corrected chi connectivity index (χ4v) is 3.60. The first-order valence-corrected chi connectivity index (χ1v) is 9.54. The van der Waals surface area contributed by atoms with Gasteiger partial charge in [0, 0.05) is 29.2 Å². The Labute approximate surface area is 158 Å². The zero-order chi connectivity index (χ0) is 20.1. The van der Waals surface area contributed by atoms with Crippen molar-refractivity contribution >= 4 is 27.7 Å². The Morgan fingerprint density at radius 1 is 1.21 bits per heavy atom. The van der Waals surface area contributed by atoms with E-state index in [1.54, 1.807) is 6.08 Å². The number of nitrogens with two attached hydrogens (primary N) is 1. The van der Waals surface area contributed by atoms with E-state index >= 15 is 0 Å². The van der Waals surface area contributed by atoms with Crippen molar-refractivity contribution in [3.8, 4) is 0 Å². The Bertz CT molecular complexity index is 1170. The first-order valence-electron chi connectivity index (χ1n) is 7.99.